The van der Waals surface area contributed by atoms with Crippen LogP contribution in [0.5, 0.6) is 5.75 Å². The molecule has 0 radical (unpaired) electrons. The van der Waals surface area contributed by atoms with E-state index < -0.39 is 0 Å². The topological polar surface area (TPSA) is 49.7 Å². The molecule has 0 aliphatic carbocycles. The minimum Gasteiger partial charge on any atom is -0.497 e. The molecular formula is C27H34N4O2. The van der Waals surface area contributed by atoms with Crippen molar-refractivity contribution in [3.63, 3.8) is 0 Å². The van der Waals surface area contributed by atoms with Crippen molar-refractivity contribution in [3.8, 4) is 11.4 Å². The lowest BCUT2D eigenvalue weighted by atomic mass is 10.1. The summed E-state index contributed by atoms with van der Waals surface area (Å²) in [7, 11) is 1.66. The van der Waals surface area contributed by atoms with E-state index in [0.717, 1.165) is 66.8 Å². The molecule has 1 amide bonds. The van der Waals surface area contributed by atoms with Gasteiger partial charge in [-0.25, -0.2) is 0 Å². The molecule has 3 aromatic rings. The van der Waals surface area contributed by atoms with Gasteiger partial charge < -0.3 is 24.4 Å². The van der Waals surface area contributed by atoms with Crippen LogP contribution in [0.4, 0.5) is 11.4 Å². The molecule has 0 atom stereocenters. The Morgan fingerprint density at radius 1 is 0.939 bits per heavy atom. The Bertz CT molecular complexity index is 1130. The van der Waals surface area contributed by atoms with E-state index in [9.17, 15) is 4.79 Å². The lowest BCUT2D eigenvalue weighted by Crippen LogP contribution is -2.46. The van der Waals surface area contributed by atoms with Crippen LogP contribution in [-0.4, -0.2) is 55.2 Å². The Hall–Kier alpha value is -3.25. The highest BCUT2D eigenvalue weighted by Crippen LogP contribution is 2.26. The number of likely N-dealkylation sites (N-methyl/N-ethyl adjacent to an activating group) is 1. The third kappa shape index (κ3) is 4.76. The molecule has 1 fully saturated rings. The predicted octanol–water partition coefficient (Wildman–Crippen LogP) is 4.81. The van der Waals surface area contributed by atoms with Crippen LogP contribution in [0, 0.1) is 20.8 Å². The van der Waals surface area contributed by atoms with Gasteiger partial charge in [-0.1, -0.05) is 6.92 Å². The molecular weight excluding hydrogens is 412 g/mol. The second-order valence-electron chi connectivity index (χ2n) is 8.69. The number of hydrogen-bond acceptors (Lipinski definition) is 4. The highest BCUT2D eigenvalue weighted by atomic mass is 16.5. The van der Waals surface area contributed by atoms with Crippen LogP contribution < -0.4 is 15.0 Å². The summed E-state index contributed by atoms with van der Waals surface area (Å²) in [5, 5.41) is 3.12. The van der Waals surface area contributed by atoms with Gasteiger partial charge in [0.25, 0.3) is 5.91 Å². The second-order valence-corrected chi connectivity index (χ2v) is 8.69. The zero-order valence-electron chi connectivity index (χ0n) is 20.3. The SMILES string of the molecule is CCN1CCN(c2ccc(NC(=O)c3cc(C)n(-c4ccc(OC)cc4)c3C)c(C)c2)CC1. The van der Waals surface area contributed by atoms with Gasteiger partial charge in [0, 0.05) is 54.6 Å². The minimum atomic E-state index is -0.0877. The normalized spacial score (nSPS) is 14.4. The summed E-state index contributed by atoms with van der Waals surface area (Å²) in [6.45, 7) is 13.7. The number of anilines is 2. The van der Waals surface area contributed by atoms with Crippen molar-refractivity contribution in [2.24, 2.45) is 0 Å². The van der Waals surface area contributed by atoms with Crippen LogP contribution in [0.25, 0.3) is 5.69 Å². The quantitative estimate of drug-likeness (QED) is 0.591. The largest absolute Gasteiger partial charge is 0.497 e. The predicted molar refractivity (Wildman–Crippen MR) is 135 cm³/mol. The fourth-order valence-electron chi connectivity index (χ4n) is 4.62. The van der Waals surface area contributed by atoms with Gasteiger partial charge in [0.05, 0.1) is 12.7 Å². The first-order valence-electron chi connectivity index (χ1n) is 11.6. The molecule has 1 N–H and O–H groups in total. The first-order valence-corrected chi connectivity index (χ1v) is 11.6. The van der Waals surface area contributed by atoms with Gasteiger partial charge in [-0.05, 0) is 81.4 Å². The monoisotopic (exact) mass is 446 g/mol. The lowest BCUT2D eigenvalue weighted by molar-refractivity contribution is 0.102. The van der Waals surface area contributed by atoms with Crippen LogP contribution in [-0.2, 0) is 0 Å². The molecule has 0 unspecified atom stereocenters. The van der Waals surface area contributed by atoms with Gasteiger partial charge in [0.2, 0.25) is 0 Å². The first-order chi connectivity index (χ1) is 15.9. The number of amides is 1. The smallest absolute Gasteiger partial charge is 0.257 e. The molecule has 1 aliphatic rings. The van der Waals surface area contributed by atoms with E-state index >= 15 is 0 Å². The molecule has 174 valence electrons. The number of nitrogens with one attached hydrogen (secondary N) is 1. The molecule has 0 bridgehead atoms. The third-order valence-electron chi connectivity index (χ3n) is 6.65. The fourth-order valence-corrected chi connectivity index (χ4v) is 4.62. The fraction of sp³-hybridized carbons (Fsp3) is 0.370. The van der Waals surface area contributed by atoms with E-state index in [-0.39, 0.29) is 5.91 Å². The van der Waals surface area contributed by atoms with E-state index in [0.29, 0.717) is 5.56 Å². The number of ether oxygens (including phenoxy) is 1. The van der Waals surface area contributed by atoms with E-state index in [4.69, 9.17) is 4.74 Å². The number of aromatic nitrogens is 1. The molecule has 0 spiro atoms. The summed E-state index contributed by atoms with van der Waals surface area (Å²) >= 11 is 0. The maximum atomic E-state index is 13.2. The number of carbonyl (C=O) groups is 1. The number of methoxy groups -OCH3 is 1. The Kier molecular flexibility index (Phi) is 6.75. The van der Waals surface area contributed by atoms with Crippen molar-refractivity contribution in [2.45, 2.75) is 27.7 Å². The van der Waals surface area contributed by atoms with Crippen LogP contribution >= 0.6 is 0 Å². The summed E-state index contributed by atoms with van der Waals surface area (Å²) in [4.78, 5) is 18.1. The zero-order chi connectivity index (χ0) is 23.5. The second kappa shape index (κ2) is 9.71. The molecule has 0 saturated carbocycles. The van der Waals surface area contributed by atoms with Crippen LogP contribution in [0.1, 0.15) is 34.2 Å². The van der Waals surface area contributed by atoms with E-state index in [1.54, 1.807) is 7.11 Å². The molecule has 6 nitrogen and oxygen atoms in total. The molecule has 6 heteroatoms. The highest BCUT2D eigenvalue weighted by Gasteiger charge is 2.19. The highest BCUT2D eigenvalue weighted by molar-refractivity contribution is 6.06. The Balaban J connectivity index is 1.50. The van der Waals surface area contributed by atoms with Crippen molar-refractivity contribution in [3.05, 3.63) is 71.0 Å². The van der Waals surface area contributed by atoms with Gasteiger partial charge in [0.15, 0.2) is 0 Å². The van der Waals surface area contributed by atoms with Crippen molar-refractivity contribution < 1.29 is 9.53 Å². The molecule has 1 aromatic heterocycles. The summed E-state index contributed by atoms with van der Waals surface area (Å²) in [5.41, 5.74) is 6.77. The van der Waals surface area contributed by atoms with Crippen LogP contribution in [0.3, 0.4) is 0 Å². The van der Waals surface area contributed by atoms with Gasteiger partial charge in [-0.15, -0.1) is 0 Å². The van der Waals surface area contributed by atoms with Crippen molar-refractivity contribution in [1.29, 1.82) is 0 Å². The number of benzene rings is 2. The van der Waals surface area contributed by atoms with Gasteiger partial charge in [-0.3, -0.25) is 4.79 Å². The van der Waals surface area contributed by atoms with E-state index in [2.05, 4.69) is 45.7 Å². The van der Waals surface area contributed by atoms with Gasteiger partial charge in [0.1, 0.15) is 5.75 Å². The minimum absolute atomic E-state index is 0.0877. The number of carbonyl (C=O) groups excluding carboxylic acids is 1. The standard InChI is InChI=1S/C27H34N4O2/c1-6-29-13-15-30(16-14-29)23-9-12-26(19(2)17-23)28-27(32)25-18-20(3)31(21(25)4)22-7-10-24(33-5)11-8-22/h7-12,17-18H,6,13-16H2,1-5H3,(H,28,32). The van der Waals surface area contributed by atoms with Crippen LogP contribution in [0.2, 0.25) is 0 Å². The summed E-state index contributed by atoms with van der Waals surface area (Å²) in [5.74, 6) is 0.723. The van der Waals surface area contributed by atoms with Crippen molar-refractivity contribution in [1.82, 2.24) is 9.47 Å². The zero-order valence-corrected chi connectivity index (χ0v) is 20.3. The Labute approximate surface area is 196 Å². The van der Waals surface area contributed by atoms with Crippen molar-refractivity contribution in [2.75, 3.05) is 50.1 Å². The molecule has 4 rings (SSSR count). The van der Waals surface area contributed by atoms with Crippen molar-refractivity contribution >= 4 is 17.3 Å². The average Bonchev–Trinajstić information content (AvgIpc) is 3.14. The van der Waals surface area contributed by atoms with E-state index in [1.807, 2.05) is 50.2 Å². The molecule has 2 heterocycles. The molecule has 33 heavy (non-hydrogen) atoms. The number of nitrogens with zero attached hydrogens (tertiary/aromatic N) is 3. The Morgan fingerprint density at radius 3 is 2.21 bits per heavy atom. The third-order valence-corrected chi connectivity index (χ3v) is 6.65. The molecule has 1 aliphatic heterocycles. The number of hydrogen-bond donors (Lipinski definition) is 1. The van der Waals surface area contributed by atoms with Gasteiger partial charge >= 0.3 is 0 Å². The van der Waals surface area contributed by atoms with Gasteiger partial charge in [-0.2, -0.15) is 0 Å². The number of rotatable bonds is 6. The first kappa shape index (κ1) is 22.9. The van der Waals surface area contributed by atoms with Crippen LogP contribution in [0.15, 0.2) is 48.5 Å². The number of aryl methyl sites for hydroxylation is 2. The summed E-state index contributed by atoms with van der Waals surface area (Å²) < 4.78 is 7.36. The Morgan fingerprint density at radius 2 is 1.61 bits per heavy atom. The maximum Gasteiger partial charge on any atom is 0.257 e. The number of piperazine rings is 1. The maximum absolute atomic E-state index is 13.2. The molecule has 2 aromatic carbocycles. The molecule has 1 saturated heterocycles. The lowest BCUT2D eigenvalue weighted by Gasteiger charge is -2.35. The summed E-state index contributed by atoms with van der Waals surface area (Å²) in [6, 6.07) is 16.1. The average molecular weight is 447 g/mol. The van der Waals surface area contributed by atoms with E-state index in [1.165, 1.54) is 5.69 Å². The summed E-state index contributed by atoms with van der Waals surface area (Å²) in [6.07, 6.45) is 0.